The van der Waals surface area contributed by atoms with Crippen molar-refractivity contribution in [2.24, 2.45) is 5.73 Å². The molecular weight excluding hydrogens is 224 g/mol. The molecule has 0 aliphatic rings. The Labute approximate surface area is 110 Å². The van der Waals surface area contributed by atoms with Crippen LogP contribution in [0.25, 0.3) is 0 Å². The molecule has 0 aromatic heterocycles. The van der Waals surface area contributed by atoms with E-state index in [0.717, 1.165) is 17.5 Å². The Bertz CT molecular complexity index is 411. The summed E-state index contributed by atoms with van der Waals surface area (Å²) in [4.78, 5) is 12.2. The molecule has 1 aromatic carbocycles. The fourth-order valence-corrected chi connectivity index (χ4v) is 2.03. The second-order valence-corrected chi connectivity index (χ2v) is 5.46. The summed E-state index contributed by atoms with van der Waals surface area (Å²) in [6.45, 7) is 8.52. The smallest absolute Gasteiger partial charge is 0.230 e. The molecule has 0 radical (unpaired) electrons. The van der Waals surface area contributed by atoms with Crippen LogP contribution in [-0.2, 0) is 10.2 Å². The second-order valence-electron chi connectivity index (χ2n) is 5.46. The second kappa shape index (κ2) is 6.01. The first kappa shape index (κ1) is 14.7. The third kappa shape index (κ3) is 3.57. The first-order valence-electron chi connectivity index (χ1n) is 6.45. The number of benzene rings is 1. The average Bonchev–Trinajstić information content (AvgIpc) is 2.28. The van der Waals surface area contributed by atoms with Gasteiger partial charge in [-0.2, -0.15) is 0 Å². The van der Waals surface area contributed by atoms with Gasteiger partial charge in [-0.15, -0.1) is 0 Å². The quantitative estimate of drug-likeness (QED) is 0.838. The van der Waals surface area contributed by atoms with Crippen LogP contribution in [0, 0.1) is 6.92 Å². The third-order valence-corrected chi connectivity index (χ3v) is 3.27. The Kier molecular flexibility index (Phi) is 4.91. The van der Waals surface area contributed by atoms with Crippen LogP contribution in [0.4, 0.5) is 0 Å². The molecule has 0 saturated heterocycles. The zero-order valence-electron chi connectivity index (χ0n) is 11.8. The first-order chi connectivity index (χ1) is 8.35. The van der Waals surface area contributed by atoms with Crippen LogP contribution in [0.5, 0.6) is 0 Å². The maximum absolute atomic E-state index is 12.2. The Morgan fingerprint density at radius 1 is 1.39 bits per heavy atom. The molecule has 0 bridgehead atoms. The van der Waals surface area contributed by atoms with Crippen LogP contribution in [0.15, 0.2) is 24.3 Å². The minimum atomic E-state index is -0.511. The standard InChI is InChI=1S/C15H24N2O/c1-11-7-5-6-8-13(11)15(3,4)14(18)17-10-9-12(2)16/h5-8,12H,9-10,16H2,1-4H3,(H,17,18). The van der Waals surface area contributed by atoms with Crippen LogP contribution in [0.1, 0.15) is 38.3 Å². The predicted octanol–water partition coefficient (Wildman–Crippen LogP) is 2.13. The number of amides is 1. The molecule has 1 aromatic rings. The van der Waals surface area contributed by atoms with E-state index in [0.29, 0.717) is 6.54 Å². The first-order valence-corrected chi connectivity index (χ1v) is 6.45. The number of nitrogens with one attached hydrogen (secondary N) is 1. The number of hydrogen-bond donors (Lipinski definition) is 2. The lowest BCUT2D eigenvalue weighted by atomic mass is 9.81. The van der Waals surface area contributed by atoms with E-state index in [2.05, 4.69) is 5.32 Å². The van der Waals surface area contributed by atoms with Crippen LogP contribution >= 0.6 is 0 Å². The van der Waals surface area contributed by atoms with Gasteiger partial charge in [-0.05, 0) is 45.2 Å². The Hall–Kier alpha value is -1.35. The van der Waals surface area contributed by atoms with Gasteiger partial charge in [0, 0.05) is 12.6 Å². The van der Waals surface area contributed by atoms with E-state index in [9.17, 15) is 4.79 Å². The van der Waals surface area contributed by atoms with Crippen LogP contribution in [-0.4, -0.2) is 18.5 Å². The highest BCUT2D eigenvalue weighted by atomic mass is 16.2. The van der Waals surface area contributed by atoms with Crippen molar-refractivity contribution in [1.82, 2.24) is 5.32 Å². The summed E-state index contributed by atoms with van der Waals surface area (Å²) in [5.41, 5.74) is 7.38. The highest BCUT2D eigenvalue weighted by molar-refractivity contribution is 5.87. The van der Waals surface area contributed by atoms with Gasteiger partial charge < -0.3 is 11.1 Å². The van der Waals surface area contributed by atoms with Crippen molar-refractivity contribution in [3.63, 3.8) is 0 Å². The van der Waals surface area contributed by atoms with Gasteiger partial charge in [0.1, 0.15) is 0 Å². The number of carbonyl (C=O) groups excluding carboxylic acids is 1. The van der Waals surface area contributed by atoms with Gasteiger partial charge >= 0.3 is 0 Å². The van der Waals surface area contributed by atoms with Gasteiger partial charge in [0.15, 0.2) is 0 Å². The SMILES string of the molecule is Cc1ccccc1C(C)(C)C(=O)NCCC(C)N. The van der Waals surface area contributed by atoms with E-state index >= 15 is 0 Å². The monoisotopic (exact) mass is 248 g/mol. The van der Waals surface area contributed by atoms with Crippen LogP contribution in [0.3, 0.4) is 0 Å². The molecule has 3 heteroatoms. The van der Waals surface area contributed by atoms with Gasteiger partial charge in [0.25, 0.3) is 0 Å². The molecule has 0 saturated carbocycles. The van der Waals surface area contributed by atoms with Gasteiger partial charge in [0.05, 0.1) is 5.41 Å². The number of rotatable bonds is 5. The third-order valence-electron chi connectivity index (χ3n) is 3.27. The molecule has 3 nitrogen and oxygen atoms in total. The van der Waals surface area contributed by atoms with Crippen molar-refractivity contribution in [2.75, 3.05) is 6.54 Å². The van der Waals surface area contributed by atoms with Gasteiger partial charge in [-0.25, -0.2) is 0 Å². The number of aryl methyl sites for hydroxylation is 1. The molecule has 1 atom stereocenters. The van der Waals surface area contributed by atoms with Crippen molar-refractivity contribution < 1.29 is 4.79 Å². The Balaban J connectivity index is 2.74. The topological polar surface area (TPSA) is 55.1 Å². The average molecular weight is 248 g/mol. The van der Waals surface area contributed by atoms with Crippen LogP contribution in [0.2, 0.25) is 0 Å². The molecule has 1 unspecified atom stereocenters. The van der Waals surface area contributed by atoms with E-state index in [-0.39, 0.29) is 11.9 Å². The number of carbonyl (C=O) groups is 1. The van der Waals surface area contributed by atoms with Crippen molar-refractivity contribution in [3.05, 3.63) is 35.4 Å². The fourth-order valence-electron chi connectivity index (χ4n) is 2.03. The lowest BCUT2D eigenvalue weighted by Crippen LogP contribution is -2.41. The van der Waals surface area contributed by atoms with Crippen molar-refractivity contribution in [2.45, 2.75) is 45.6 Å². The van der Waals surface area contributed by atoms with E-state index < -0.39 is 5.41 Å². The summed E-state index contributed by atoms with van der Waals surface area (Å²) in [6, 6.07) is 8.13. The summed E-state index contributed by atoms with van der Waals surface area (Å²) in [5, 5.41) is 2.96. The highest BCUT2D eigenvalue weighted by Gasteiger charge is 2.30. The van der Waals surface area contributed by atoms with Crippen LogP contribution < -0.4 is 11.1 Å². The summed E-state index contributed by atoms with van der Waals surface area (Å²) < 4.78 is 0. The molecular formula is C15H24N2O. The van der Waals surface area contributed by atoms with Crippen molar-refractivity contribution in [1.29, 1.82) is 0 Å². The molecule has 1 amide bonds. The van der Waals surface area contributed by atoms with Crippen molar-refractivity contribution in [3.8, 4) is 0 Å². The van der Waals surface area contributed by atoms with E-state index in [1.54, 1.807) is 0 Å². The maximum Gasteiger partial charge on any atom is 0.230 e. The lowest BCUT2D eigenvalue weighted by Gasteiger charge is -2.26. The zero-order chi connectivity index (χ0) is 13.8. The molecule has 0 aliphatic heterocycles. The molecule has 18 heavy (non-hydrogen) atoms. The van der Waals surface area contributed by atoms with Gasteiger partial charge in [0.2, 0.25) is 5.91 Å². The largest absolute Gasteiger partial charge is 0.355 e. The zero-order valence-corrected chi connectivity index (χ0v) is 11.8. The fraction of sp³-hybridized carbons (Fsp3) is 0.533. The van der Waals surface area contributed by atoms with E-state index in [1.165, 1.54) is 0 Å². The number of hydrogen-bond acceptors (Lipinski definition) is 2. The molecule has 3 N–H and O–H groups in total. The lowest BCUT2D eigenvalue weighted by molar-refractivity contribution is -0.125. The summed E-state index contributed by atoms with van der Waals surface area (Å²) >= 11 is 0. The normalized spacial score (nSPS) is 13.2. The highest BCUT2D eigenvalue weighted by Crippen LogP contribution is 2.26. The summed E-state index contributed by atoms with van der Waals surface area (Å²) in [7, 11) is 0. The van der Waals surface area contributed by atoms with Gasteiger partial charge in [-0.1, -0.05) is 24.3 Å². The molecule has 0 heterocycles. The minimum absolute atomic E-state index is 0.0532. The van der Waals surface area contributed by atoms with Gasteiger partial charge in [-0.3, -0.25) is 4.79 Å². The minimum Gasteiger partial charge on any atom is -0.355 e. The molecule has 100 valence electrons. The van der Waals surface area contributed by atoms with E-state index in [4.69, 9.17) is 5.73 Å². The Morgan fingerprint density at radius 3 is 2.56 bits per heavy atom. The molecule has 0 aliphatic carbocycles. The molecule has 0 spiro atoms. The molecule has 0 fully saturated rings. The predicted molar refractivity (Wildman–Crippen MR) is 75.5 cm³/mol. The van der Waals surface area contributed by atoms with Crippen molar-refractivity contribution >= 4 is 5.91 Å². The summed E-state index contributed by atoms with van der Waals surface area (Å²) in [5.74, 6) is 0.0532. The Morgan fingerprint density at radius 2 is 2.00 bits per heavy atom. The maximum atomic E-state index is 12.2. The number of nitrogens with two attached hydrogens (primary N) is 1. The summed E-state index contributed by atoms with van der Waals surface area (Å²) in [6.07, 6.45) is 0.801. The molecule has 1 rings (SSSR count). The van der Waals surface area contributed by atoms with E-state index in [1.807, 2.05) is 52.0 Å².